The minimum Gasteiger partial charge on any atom is -0.490 e. The van der Waals surface area contributed by atoms with Crippen LogP contribution in [0.2, 0.25) is 0 Å². The van der Waals surface area contributed by atoms with Gasteiger partial charge < -0.3 is 23.5 Å². The Bertz CT molecular complexity index is 985. The zero-order valence-electron chi connectivity index (χ0n) is 20.4. The first-order chi connectivity index (χ1) is 17.1. The molecule has 0 saturated carbocycles. The third-order valence-electron chi connectivity index (χ3n) is 8.47. The second-order valence-electron chi connectivity index (χ2n) is 10.7. The number of nitrogens with zero attached hydrogens (tertiary/aromatic N) is 4. The van der Waals surface area contributed by atoms with E-state index in [1.54, 1.807) is 6.07 Å². The average Bonchev–Trinajstić information content (AvgIpc) is 3.56. The summed E-state index contributed by atoms with van der Waals surface area (Å²) in [6.07, 6.45) is 6.54. The molecule has 0 amide bonds. The first kappa shape index (κ1) is 23.2. The molecule has 6 rings (SSSR count). The molecular weight excluding hydrogens is 451 g/mol. The minimum absolute atomic E-state index is 0.0974. The van der Waals surface area contributed by atoms with Crippen LogP contribution in [0, 0.1) is 11.7 Å². The summed E-state index contributed by atoms with van der Waals surface area (Å²) in [4.78, 5) is 4.64. The van der Waals surface area contributed by atoms with Gasteiger partial charge in [-0.15, -0.1) is 5.10 Å². The highest BCUT2D eigenvalue weighted by atomic mass is 19.1. The number of likely N-dealkylation sites (tertiary alicyclic amines) is 1. The third-order valence-corrected chi connectivity index (χ3v) is 8.47. The minimum atomic E-state index is -0.185. The first-order valence-electron chi connectivity index (χ1n) is 13.0. The van der Waals surface area contributed by atoms with Gasteiger partial charge in [-0.3, -0.25) is 4.90 Å². The van der Waals surface area contributed by atoms with Crippen LogP contribution in [0.4, 0.5) is 10.4 Å². The zero-order chi connectivity index (χ0) is 23.8. The average molecular weight is 487 g/mol. The third kappa shape index (κ3) is 4.78. The maximum Gasteiger partial charge on any atom is 0.318 e. The lowest BCUT2D eigenvalue weighted by molar-refractivity contribution is -0.0216. The maximum absolute atomic E-state index is 14.3. The summed E-state index contributed by atoms with van der Waals surface area (Å²) in [5, 5.41) is 7.76. The number of ether oxygens (including phenoxy) is 3. The fraction of sp³-hybridized carbons (Fsp3) is 0.692. The van der Waals surface area contributed by atoms with E-state index in [0.717, 1.165) is 89.4 Å². The number of hydrogen-bond donors (Lipinski definition) is 0. The molecule has 0 aliphatic carbocycles. The fourth-order valence-electron chi connectivity index (χ4n) is 6.37. The van der Waals surface area contributed by atoms with Crippen molar-refractivity contribution in [1.29, 1.82) is 0 Å². The molecule has 4 aliphatic rings. The Kier molecular flexibility index (Phi) is 6.41. The molecule has 0 radical (unpaired) electrons. The summed E-state index contributed by atoms with van der Waals surface area (Å²) in [5.41, 5.74) is 0.928. The van der Waals surface area contributed by atoms with Crippen molar-refractivity contribution >= 4 is 6.01 Å². The van der Waals surface area contributed by atoms with E-state index in [2.05, 4.69) is 26.9 Å². The van der Waals surface area contributed by atoms with Gasteiger partial charge in [0.2, 0.25) is 6.39 Å². The standard InChI is InChI=1S/C26H35FN4O4/c1-18(19-6-10-32-11-7-19)35-24-3-2-21(27)12-23(24)20-4-8-30(9-5-20)22-13-26(34-14-22)15-31(16-26)25-29-28-17-33-25/h2-3,12,17-20,22H,4-11,13-16H2,1H3. The van der Waals surface area contributed by atoms with Crippen molar-refractivity contribution in [2.75, 3.05) is 50.9 Å². The Morgan fingerprint density at radius 1 is 1.14 bits per heavy atom. The molecule has 4 saturated heterocycles. The van der Waals surface area contributed by atoms with Gasteiger partial charge in [0.25, 0.3) is 0 Å². The molecule has 2 atom stereocenters. The number of benzene rings is 1. The van der Waals surface area contributed by atoms with Gasteiger partial charge in [0.15, 0.2) is 0 Å². The summed E-state index contributed by atoms with van der Waals surface area (Å²) in [7, 11) is 0. The number of piperidine rings is 1. The van der Waals surface area contributed by atoms with Gasteiger partial charge in [0.1, 0.15) is 17.2 Å². The zero-order valence-corrected chi connectivity index (χ0v) is 20.4. The smallest absolute Gasteiger partial charge is 0.318 e. The van der Waals surface area contributed by atoms with Gasteiger partial charge in [-0.05, 0) is 82.2 Å². The lowest BCUT2D eigenvalue weighted by Crippen LogP contribution is -2.62. The number of halogens is 1. The Balaban J connectivity index is 1.05. The summed E-state index contributed by atoms with van der Waals surface area (Å²) in [6.45, 7) is 8.10. The fourth-order valence-corrected chi connectivity index (χ4v) is 6.37. The van der Waals surface area contributed by atoms with Crippen molar-refractivity contribution in [1.82, 2.24) is 15.1 Å². The molecule has 2 unspecified atom stereocenters. The Hall–Kier alpha value is -2.23. The molecule has 2 aromatic rings. The molecule has 9 heteroatoms. The van der Waals surface area contributed by atoms with Gasteiger partial charge in [0.05, 0.1) is 25.8 Å². The molecule has 4 aliphatic heterocycles. The van der Waals surface area contributed by atoms with Gasteiger partial charge in [-0.2, -0.15) is 0 Å². The van der Waals surface area contributed by atoms with E-state index < -0.39 is 0 Å². The first-order valence-corrected chi connectivity index (χ1v) is 13.0. The lowest BCUT2D eigenvalue weighted by atomic mass is 9.86. The number of hydrogen-bond acceptors (Lipinski definition) is 8. The molecule has 5 heterocycles. The van der Waals surface area contributed by atoms with Gasteiger partial charge in [0, 0.05) is 24.8 Å². The van der Waals surface area contributed by atoms with E-state index in [1.807, 2.05) is 6.07 Å². The summed E-state index contributed by atoms with van der Waals surface area (Å²) in [6, 6.07) is 6.05. The van der Waals surface area contributed by atoms with Crippen molar-refractivity contribution in [3.8, 4) is 5.75 Å². The normalized spacial score (nSPS) is 26.7. The Labute approximate surface area is 205 Å². The van der Waals surface area contributed by atoms with Crippen molar-refractivity contribution in [2.45, 2.75) is 62.7 Å². The molecule has 1 spiro atoms. The number of anilines is 1. The van der Waals surface area contributed by atoms with Crippen molar-refractivity contribution in [3.05, 3.63) is 36.0 Å². The molecule has 1 aromatic heterocycles. The summed E-state index contributed by atoms with van der Waals surface area (Å²) >= 11 is 0. The highest BCUT2D eigenvalue weighted by Crippen LogP contribution is 2.41. The van der Waals surface area contributed by atoms with E-state index in [-0.39, 0.29) is 17.5 Å². The van der Waals surface area contributed by atoms with Crippen LogP contribution in [-0.4, -0.2) is 78.8 Å². The molecule has 1 aromatic carbocycles. The van der Waals surface area contributed by atoms with Gasteiger partial charge in [-0.25, -0.2) is 4.39 Å². The molecule has 190 valence electrons. The van der Waals surface area contributed by atoms with Gasteiger partial charge >= 0.3 is 6.01 Å². The molecule has 0 bridgehead atoms. The van der Waals surface area contributed by atoms with Crippen LogP contribution in [0.15, 0.2) is 29.0 Å². The molecule has 8 nitrogen and oxygen atoms in total. The van der Waals surface area contributed by atoms with Crippen LogP contribution in [0.25, 0.3) is 0 Å². The number of rotatable bonds is 6. The maximum atomic E-state index is 14.3. The van der Waals surface area contributed by atoms with Crippen molar-refractivity contribution < 1.29 is 23.0 Å². The van der Waals surface area contributed by atoms with E-state index in [0.29, 0.717) is 23.9 Å². The van der Waals surface area contributed by atoms with Crippen molar-refractivity contribution in [3.63, 3.8) is 0 Å². The second kappa shape index (κ2) is 9.67. The monoisotopic (exact) mass is 486 g/mol. The van der Waals surface area contributed by atoms with Crippen LogP contribution in [0.5, 0.6) is 5.75 Å². The predicted molar refractivity (Wildman–Crippen MR) is 127 cm³/mol. The topological polar surface area (TPSA) is 73.1 Å². The molecular formula is C26H35FN4O4. The van der Waals surface area contributed by atoms with E-state index >= 15 is 0 Å². The van der Waals surface area contributed by atoms with Crippen LogP contribution in [0.3, 0.4) is 0 Å². The van der Waals surface area contributed by atoms with Crippen LogP contribution in [-0.2, 0) is 9.47 Å². The van der Waals surface area contributed by atoms with Crippen molar-refractivity contribution in [2.24, 2.45) is 5.92 Å². The van der Waals surface area contributed by atoms with Crippen LogP contribution in [0.1, 0.15) is 50.5 Å². The van der Waals surface area contributed by atoms with E-state index in [9.17, 15) is 4.39 Å². The van der Waals surface area contributed by atoms with Gasteiger partial charge in [-0.1, -0.05) is 5.10 Å². The highest BCUT2D eigenvalue weighted by Gasteiger charge is 2.52. The quantitative estimate of drug-likeness (QED) is 0.613. The van der Waals surface area contributed by atoms with E-state index in [1.165, 1.54) is 12.5 Å². The largest absolute Gasteiger partial charge is 0.490 e. The second-order valence-corrected chi connectivity index (χ2v) is 10.7. The Morgan fingerprint density at radius 3 is 2.69 bits per heavy atom. The summed E-state index contributed by atoms with van der Waals surface area (Å²) in [5.74, 6) is 1.46. The predicted octanol–water partition coefficient (Wildman–Crippen LogP) is 3.63. The number of aromatic nitrogens is 2. The van der Waals surface area contributed by atoms with Crippen LogP contribution < -0.4 is 9.64 Å². The Morgan fingerprint density at radius 2 is 1.94 bits per heavy atom. The molecule has 0 N–H and O–H groups in total. The lowest BCUT2D eigenvalue weighted by Gasteiger charge is -2.46. The van der Waals surface area contributed by atoms with Crippen LogP contribution >= 0.6 is 0 Å². The molecule has 4 fully saturated rings. The molecule has 35 heavy (non-hydrogen) atoms. The van der Waals surface area contributed by atoms with E-state index in [4.69, 9.17) is 18.6 Å². The summed E-state index contributed by atoms with van der Waals surface area (Å²) < 4.78 is 37.8. The highest BCUT2D eigenvalue weighted by molar-refractivity contribution is 5.38. The SMILES string of the molecule is CC(Oc1ccc(F)cc1C1CCN(C2COC3(C2)CN(c2nnco2)C3)CC1)C1CCOCC1.